The van der Waals surface area contributed by atoms with Gasteiger partial charge in [-0.15, -0.1) is 0 Å². The van der Waals surface area contributed by atoms with Crippen LogP contribution in [0.15, 0.2) is 59.1 Å². The molecule has 0 spiro atoms. The minimum atomic E-state index is 0.710. The molecule has 0 saturated heterocycles. The molecule has 2 heterocycles. The lowest BCUT2D eigenvalue weighted by Crippen LogP contribution is -2.16. The summed E-state index contributed by atoms with van der Waals surface area (Å²) in [6.07, 6.45) is 4.21. The van der Waals surface area contributed by atoms with E-state index in [9.17, 15) is 0 Å². The van der Waals surface area contributed by atoms with Crippen LogP contribution in [0, 0.1) is 0 Å². The van der Waals surface area contributed by atoms with Gasteiger partial charge < -0.3 is 15.0 Å². The fourth-order valence-electron chi connectivity index (χ4n) is 4.47. The first-order chi connectivity index (χ1) is 14.3. The third kappa shape index (κ3) is 3.67. The number of hydrogen-bond acceptors (Lipinski definition) is 2. The van der Waals surface area contributed by atoms with Crippen LogP contribution < -0.4 is 10.1 Å². The van der Waals surface area contributed by atoms with Crippen LogP contribution in [-0.2, 0) is 19.3 Å². The number of aromatic amines is 1. The lowest BCUT2D eigenvalue weighted by atomic mass is 9.99. The van der Waals surface area contributed by atoms with Crippen LogP contribution in [0.3, 0.4) is 0 Å². The molecule has 1 aromatic heterocycles. The zero-order chi connectivity index (χ0) is 19.6. The molecule has 3 aromatic carbocycles. The Hall–Kier alpha value is -2.30. The van der Waals surface area contributed by atoms with Crippen molar-refractivity contribution in [3.8, 4) is 5.75 Å². The van der Waals surface area contributed by atoms with E-state index < -0.39 is 0 Å². The Bertz CT molecular complexity index is 1160. The number of nitrogens with one attached hydrogen (secondary N) is 2. The quantitative estimate of drug-likeness (QED) is 0.379. The number of aryl methyl sites for hydroxylation is 1. The second-order valence-corrected chi connectivity index (χ2v) is 8.52. The van der Waals surface area contributed by atoms with Crippen molar-refractivity contribution in [2.75, 3.05) is 19.7 Å². The Morgan fingerprint density at radius 3 is 2.79 bits per heavy atom. The van der Waals surface area contributed by atoms with Crippen molar-refractivity contribution in [2.45, 2.75) is 25.7 Å². The Morgan fingerprint density at radius 1 is 0.931 bits per heavy atom. The predicted molar refractivity (Wildman–Crippen MR) is 124 cm³/mol. The molecule has 1 aliphatic heterocycles. The van der Waals surface area contributed by atoms with E-state index in [1.54, 1.807) is 0 Å². The van der Waals surface area contributed by atoms with Gasteiger partial charge in [0, 0.05) is 29.6 Å². The lowest BCUT2D eigenvalue weighted by molar-refractivity contribution is 0.310. The van der Waals surface area contributed by atoms with Gasteiger partial charge in [-0.1, -0.05) is 42.5 Å². The molecule has 1 aliphatic rings. The second kappa shape index (κ2) is 8.21. The molecule has 2 N–H and O–H groups in total. The molecule has 0 atom stereocenters. The first kappa shape index (κ1) is 18.7. The van der Waals surface area contributed by atoms with Crippen molar-refractivity contribution in [3.63, 3.8) is 0 Å². The van der Waals surface area contributed by atoms with Gasteiger partial charge in [-0.3, -0.25) is 0 Å². The molecule has 0 unspecified atom stereocenters. The molecule has 0 amide bonds. The van der Waals surface area contributed by atoms with E-state index in [1.807, 2.05) is 0 Å². The van der Waals surface area contributed by atoms with Gasteiger partial charge >= 0.3 is 0 Å². The Balaban J connectivity index is 1.30. The number of H-pyrrole nitrogens is 1. The summed E-state index contributed by atoms with van der Waals surface area (Å²) < 4.78 is 7.17. The summed E-state index contributed by atoms with van der Waals surface area (Å²) in [4.78, 5) is 3.66. The lowest BCUT2D eigenvalue weighted by Gasteiger charge is -2.11. The highest BCUT2D eigenvalue weighted by molar-refractivity contribution is 9.10. The van der Waals surface area contributed by atoms with Crippen molar-refractivity contribution in [2.24, 2.45) is 0 Å². The van der Waals surface area contributed by atoms with Crippen molar-refractivity contribution in [3.05, 3.63) is 75.9 Å². The summed E-state index contributed by atoms with van der Waals surface area (Å²) in [7, 11) is 0. The van der Waals surface area contributed by atoms with Crippen LogP contribution in [0.2, 0.25) is 0 Å². The number of ether oxygens (including phenoxy) is 1. The van der Waals surface area contributed by atoms with Gasteiger partial charge in [-0.25, -0.2) is 0 Å². The minimum absolute atomic E-state index is 0.710. The van der Waals surface area contributed by atoms with Crippen LogP contribution in [0.25, 0.3) is 21.7 Å². The van der Waals surface area contributed by atoms with Crippen LogP contribution in [-0.4, -0.2) is 24.7 Å². The van der Waals surface area contributed by atoms with Crippen LogP contribution in [0.1, 0.15) is 23.2 Å². The van der Waals surface area contributed by atoms with Crippen molar-refractivity contribution in [1.82, 2.24) is 10.3 Å². The summed E-state index contributed by atoms with van der Waals surface area (Å²) in [5, 5.41) is 7.37. The van der Waals surface area contributed by atoms with Crippen LogP contribution >= 0.6 is 15.9 Å². The molecule has 0 bridgehead atoms. The molecule has 0 fully saturated rings. The third-order valence-corrected chi connectivity index (χ3v) is 6.70. The average Bonchev–Trinajstić information content (AvgIpc) is 2.95. The standard InChI is InChI=1S/C25H25BrN2O/c26-25-19-8-2-1-5-17(19)10-11-23(25)29-16-4-7-18-6-3-9-22-24(18)20-12-14-27-15-13-21(20)28-22/h1-3,5-6,8-11,27-28H,4,7,12-16H2. The molecule has 0 aliphatic carbocycles. The average molecular weight is 449 g/mol. The Labute approximate surface area is 179 Å². The van der Waals surface area contributed by atoms with E-state index >= 15 is 0 Å². The Kier molecular flexibility index (Phi) is 5.30. The first-order valence-electron chi connectivity index (χ1n) is 10.4. The number of halogens is 1. The number of hydrogen-bond donors (Lipinski definition) is 2. The largest absolute Gasteiger partial charge is 0.492 e. The fourth-order valence-corrected chi connectivity index (χ4v) is 5.08. The molecule has 0 saturated carbocycles. The van der Waals surface area contributed by atoms with E-state index in [1.165, 1.54) is 38.5 Å². The highest BCUT2D eigenvalue weighted by atomic mass is 79.9. The normalized spacial score (nSPS) is 14.1. The molecule has 148 valence electrons. The molecule has 3 nitrogen and oxygen atoms in total. The highest BCUT2D eigenvalue weighted by Crippen LogP contribution is 2.33. The molecular formula is C25H25BrN2O. The number of benzene rings is 3. The van der Waals surface area contributed by atoms with E-state index in [-0.39, 0.29) is 0 Å². The molecule has 5 rings (SSSR count). The smallest absolute Gasteiger partial charge is 0.134 e. The zero-order valence-corrected chi connectivity index (χ0v) is 18.0. The maximum atomic E-state index is 6.13. The first-order valence-corrected chi connectivity index (χ1v) is 11.2. The number of aromatic nitrogens is 1. The fraction of sp³-hybridized carbons (Fsp3) is 0.280. The minimum Gasteiger partial charge on any atom is -0.492 e. The third-order valence-electron chi connectivity index (χ3n) is 5.88. The van der Waals surface area contributed by atoms with E-state index in [4.69, 9.17) is 4.74 Å². The second-order valence-electron chi connectivity index (χ2n) is 7.72. The van der Waals surface area contributed by atoms with Gasteiger partial charge in [-0.05, 0) is 75.8 Å². The maximum absolute atomic E-state index is 6.13. The predicted octanol–water partition coefficient (Wildman–Crippen LogP) is 5.78. The van der Waals surface area contributed by atoms with Crippen molar-refractivity contribution >= 4 is 37.6 Å². The van der Waals surface area contributed by atoms with Gasteiger partial charge in [0.05, 0.1) is 11.1 Å². The van der Waals surface area contributed by atoms with Gasteiger partial charge in [-0.2, -0.15) is 0 Å². The topological polar surface area (TPSA) is 37.0 Å². The van der Waals surface area contributed by atoms with Crippen LogP contribution in [0.4, 0.5) is 0 Å². The molecular weight excluding hydrogens is 424 g/mol. The summed E-state index contributed by atoms with van der Waals surface area (Å²) in [6.45, 7) is 2.83. The summed E-state index contributed by atoms with van der Waals surface area (Å²) >= 11 is 3.72. The number of rotatable bonds is 5. The highest BCUT2D eigenvalue weighted by Gasteiger charge is 2.16. The molecule has 0 radical (unpaired) electrons. The van der Waals surface area contributed by atoms with Gasteiger partial charge in [0.25, 0.3) is 0 Å². The molecule has 4 aromatic rings. The summed E-state index contributed by atoms with van der Waals surface area (Å²) in [5.41, 5.74) is 5.64. The van der Waals surface area contributed by atoms with Gasteiger partial charge in [0.2, 0.25) is 0 Å². The van der Waals surface area contributed by atoms with E-state index in [2.05, 4.69) is 80.8 Å². The molecule has 4 heteroatoms. The monoisotopic (exact) mass is 448 g/mol. The van der Waals surface area contributed by atoms with Gasteiger partial charge in [0.15, 0.2) is 0 Å². The number of fused-ring (bicyclic) bond motifs is 4. The molecule has 29 heavy (non-hydrogen) atoms. The summed E-state index contributed by atoms with van der Waals surface area (Å²) in [6, 6.07) is 19.2. The van der Waals surface area contributed by atoms with E-state index in [0.29, 0.717) is 6.61 Å². The summed E-state index contributed by atoms with van der Waals surface area (Å²) in [5.74, 6) is 0.920. The SMILES string of the molecule is Brc1c(OCCCc2cccc3[nH]c4c(c23)CCNCC4)ccc2ccccc12. The van der Waals surface area contributed by atoms with E-state index in [0.717, 1.165) is 49.0 Å². The van der Waals surface area contributed by atoms with Crippen LogP contribution in [0.5, 0.6) is 5.75 Å². The zero-order valence-electron chi connectivity index (χ0n) is 16.4. The Morgan fingerprint density at radius 2 is 1.83 bits per heavy atom. The van der Waals surface area contributed by atoms with Crippen molar-refractivity contribution < 1.29 is 4.74 Å². The van der Waals surface area contributed by atoms with Gasteiger partial charge in [0.1, 0.15) is 5.75 Å². The van der Waals surface area contributed by atoms with Crippen molar-refractivity contribution in [1.29, 1.82) is 0 Å². The maximum Gasteiger partial charge on any atom is 0.134 e.